The van der Waals surface area contributed by atoms with Crippen molar-refractivity contribution in [3.63, 3.8) is 0 Å². The van der Waals surface area contributed by atoms with Crippen LogP contribution in [0, 0.1) is 11.9 Å². The number of halogens is 2. The largest absolute Gasteiger partial charge is 0.285 e. The lowest BCUT2D eigenvalue weighted by atomic mass is 9.73. The Morgan fingerprint density at radius 1 is 1.03 bits per heavy atom. The molecule has 36 heavy (non-hydrogen) atoms. The summed E-state index contributed by atoms with van der Waals surface area (Å²) in [6.45, 7) is 0. The maximum atomic E-state index is 14.5. The monoisotopic (exact) mass is 499 g/mol. The van der Waals surface area contributed by atoms with E-state index >= 15 is 0 Å². The van der Waals surface area contributed by atoms with Crippen molar-refractivity contribution in [3.8, 4) is 0 Å². The molecule has 1 saturated carbocycles. The Balaban J connectivity index is 1.52. The van der Waals surface area contributed by atoms with Gasteiger partial charge in [0.05, 0.1) is 15.9 Å². The highest BCUT2D eigenvalue weighted by molar-refractivity contribution is 6.32. The number of aromatic amines is 1. The molecule has 0 unspecified atom stereocenters. The number of fused-ring (bicyclic) bond motifs is 1. The Morgan fingerprint density at radius 3 is 2.58 bits per heavy atom. The van der Waals surface area contributed by atoms with E-state index in [2.05, 4.69) is 61.0 Å². The minimum absolute atomic E-state index is 0.357. The Labute approximate surface area is 212 Å². The van der Waals surface area contributed by atoms with Crippen LogP contribution in [0.3, 0.4) is 0 Å². The summed E-state index contributed by atoms with van der Waals surface area (Å²) >= 11 is 6.69. The molecule has 2 aromatic heterocycles. The molecule has 2 aromatic carbocycles. The number of nitrogens with zero attached hydrogens (tertiary/aromatic N) is 3. The normalized spacial score (nSPS) is 16.4. The number of rotatable bonds is 6. The highest BCUT2D eigenvalue weighted by atomic mass is 35.5. The van der Waals surface area contributed by atoms with Crippen LogP contribution in [0.2, 0.25) is 5.02 Å². The first-order chi connectivity index (χ1) is 17.7. The molecule has 3 heterocycles. The van der Waals surface area contributed by atoms with Gasteiger partial charge < -0.3 is 0 Å². The fraction of sp³-hybridized carbons (Fsp3) is 0.148. The van der Waals surface area contributed by atoms with Gasteiger partial charge in [-0.25, -0.2) is 5.53 Å². The zero-order valence-electron chi connectivity index (χ0n) is 19.2. The second-order valence-corrected chi connectivity index (χ2v) is 9.27. The molecule has 2 aliphatic rings. The van der Waals surface area contributed by atoms with E-state index in [0.29, 0.717) is 27.7 Å². The van der Waals surface area contributed by atoms with Crippen molar-refractivity contribution < 1.29 is 4.39 Å². The number of nitrogens with one attached hydrogen (secondary N) is 4. The number of pyridine rings is 1. The molecule has 1 fully saturated rings. The molecular formula is C27H23ClFN7. The van der Waals surface area contributed by atoms with E-state index in [9.17, 15) is 4.39 Å². The number of benzene rings is 2. The summed E-state index contributed by atoms with van der Waals surface area (Å²) < 4.78 is 14.5. The highest BCUT2D eigenvalue weighted by Crippen LogP contribution is 2.46. The maximum absolute atomic E-state index is 14.5. The standard InChI is InChI=1S/C27H23ClFN7/c28-22-15-30-13-12-20(22)26(17-2-1-3-17)25(19-9-10-23-21(14-19)27(29)34-31-23)18-7-4-16(5-8-18)6-11-24-32-35-36-33-24/h4-15,17,35-36H,1-3H2,(H,31,34)(H,32,33)/b11-6+,26-25+. The minimum atomic E-state index is -0.508. The Bertz CT molecular complexity index is 1520. The average molecular weight is 500 g/mol. The highest BCUT2D eigenvalue weighted by Gasteiger charge is 2.28. The van der Waals surface area contributed by atoms with Crippen LogP contribution < -0.4 is 16.5 Å². The Morgan fingerprint density at radius 2 is 1.86 bits per heavy atom. The van der Waals surface area contributed by atoms with Crippen molar-refractivity contribution in [1.82, 2.24) is 31.7 Å². The van der Waals surface area contributed by atoms with Gasteiger partial charge in [0.1, 0.15) is 0 Å². The predicted molar refractivity (Wildman–Crippen MR) is 141 cm³/mol. The van der Waals surface area contributed by atoms with Crippen molar-refractivity contribution in [3.05, 3.63) is 100 Å². The second kappa shape index (κ2) is 9.56. The molecule has 0 amide bonds. The fourth-order valence-electron chi connectivity index (χ4n) is 4.69. The fourth-order valence-corrected chi connectivity index (χ4v) is 4.91. The first kappa shape index (κ1) is 22.5. The maximum Gasteiger partial charge on any atom is 0.240 e. The van der Waals surface area contributed by atoms with E-state index in [1.54, 1.807) is 12.4 Å². The summed E-state index contributed by atoms with van der Waals surface area (Å²) in [6.07, 6.45) is 10.6. The molecule has 6 rings (SSSR count). The molecule has 0 radical (unpaired) electrons. The zero-order chi connectivity index (χ0) is 24.5. The molecule has 0 spiro atoms. The lowest BCUT2D eigenvalue weighted by Crippen LogP contribution is -2.34. The smallest absolute Gasteiger partial charge is 0.240 e. The molecule has 9 heteroatoms. The minimum Gasteiger partial charge on any atom is -0.285 e. The van der Waals surface area contributed by atoms with E-state index in [1.165, 1.54) is 12.0 Å². The summed E-state index contributed by atoms with van der Waals surface area (Å²) in [4.78, 5) is 4.20. The predicted octanol–water partition coefficient (Wildman–Crippen LogP) is 5.45. The molecule has 4 aromatic rings. The van der Waals surface area contributed by atoms with Gasteiger partial charge in [-0.3, -0.25) is 15.5 Å². The lowest BCUT2D eigenvalue weighted by molar-refractivity contribution is 0.401. The van der Waals surface area contributed by atoms with Gasteiger partial charge in [-0.05, 0) is 70.9 Å². The summed E-state index contributed by atoms with van der Waals surface area (Å²) in [5, 5.41) is 11.6. The molecule has 1 aliphatic carbocycles. The number of hydrogen-bond acceptors (Lipinski definition) is 6. The molecule has 1 aliphatic heterocycles. The number of hydrazone groups is 1. The van der Waals surface area contributed by atoms with Gasteiger partial charge >= 0.3 is 0 Å². The second-order valence-electron chi connectivity index (χ2n) is 8.86. The molecule has 0 atom stereocenters. The van der Waals surface area contributed by atoms with Crippen molar-refractivity contribution in [1.29, 1.82) is 0 Å². The van der Waals surface area contributed by atoms with Crippen LogP contribution in [0.5, 0.6) is 0 Å². The zero-order valence-corrected chi connectivity index (χ0v) is 20.0. The molecular weight excluding hydrogens is 477 g/mol. The van der Waals surface area contributed by atoms with Crippen molar-refractivity contribution in [2.24, 2.45) is 11.0 Å². The Hall–Kier alpha value is -4.01. The van der Waals surface area contributed by atoms with Crippen LogP contribution in [0.4, 0.5) is 4.39 Å². The summed E-state index contributed by atoms with van der Waals surface area (Å²) in [6, 6.07) is 16.1. The van der Waals surface area contributed by atoms with E-state index in [1.807, 2.05) is 36.4 Å². The first-order valence-corrected chi connectivity index (χ1v) is 12.2. The van der Waals surface area contributed by atoms with Crippen LogP contribution in [0.15, 0.2) is 72.1 Å². The van der Waals surface area contributed by atoms with Gasteiger partial charge in [-0.1, -0.05) is 54.4 Å². The van der Waals surface area contributed by atoms with Crippen LogP contribution >= 0.6 is 11.6 Å². The third-order valence-electron chi connectivity index (χ3n) is 6.71. The lowest BCUT2D eigenvalue weighted by Gasteiger charge is -2.32. The van der Waals surface area contributed by atoms with Gasteiger partial charge in [-0.2, -0.15) is 4.39 Å². The summed E-state index contributed by atoms with van der Waals surface area (Å²) in [5.41, 5.74) is 15.1. The summed E-state index contributed by atoms with van der Waals surface area (Å²) in [7, 11) is 0. The number of hydrazine groups is 2. The van der Waals surface area contributed by atoms with E-state index in [0.717, 1.165) is 40.7 Å². The molecule has 4 N–H and O–H groups in total. The summed E-state index contributed by atoms with van der Waals surface area (Å²) in [5.74, 6) is 0.539. The number of H-pyrrole nitrogens is 1. The number of amidine groups is 1. The van der Waals surface area contributed by atoms with Crippen LogP contribution in [0.25, 0.3) is 28.1 Å². The SMILES string of the molecule is Fc1n[nH]c2ccc(/C(=C(/c3ccncc3Cl)C3CCC3)c3ccc(/C=C/C4=NNNN4)cc3)cc12. The number of hydrogen-bond donors (Lipinski definition) is 4. The third-order valence-corrected chi connectivity index (χ3v) is 7.01. The number of allylic oxidation sites excluding steroid dienone is 1. The van der Waals surface area contributed by atoms with Gasteiger partial charge in [0.25, 0.3) is 0 Å². The molecule has 7 nitrogen and oxygen atoms in total. The molecule has 180 valence electrons. The third kappa shape index (κ3) is 4.25. The van der Waals surface area contributed by atoms with Gasteiger partial charge in [0, 0.05) is 18.0 Å². The van der Waals surface area contributed by atoms with E-state index in [4.69, 9.17) is 11.6 Å². The van der Waals surface area contributed by atoms with Gasteiger partial charge in [0.15, 0.2) is 5.84 Å². The average Bonchev–Trinajstić information content (AvgIpc) is 3.52. The van der Waals surface area contributed by atoms with Gasteiger partial charge in [0.2, 0.25) is 5.95 Å². The topological polar surface area (TPSA) is 90.0 Å². The van der Waals surface area contributed by atoms with Crippen LogP contribution in [-0.4, -0.2) is 21.0 Å². The van der Waals surface area contributed by atoms with Crippen LogP contribution in [0.1, 0.15) is 41.5 Å². The molecule has 0 saturated heterocycles. The van der Waals surface area contributed by atoms with E-state index < -0.39 is 5.95 Å². The van der Waals surface area contributed by atoms with Crippen LogP contribution in [-0.2, 0) is 0 Å². The number of aromatic nitrogens is 3. The molecule has 0 bridgehead atoms. The van der Waals surface area contributed by atoms with E-state index in [-0.39, 0.29) is 0 Å². The first-order valence-electron chi connectivity index (χ1n) is 11.8. The Kier molecular flexibility index (Phi) is 5.96. The quantitative estimate of drug-likeness (QED) is 0.283. The van der Waals surface area contributed by atoms with Crippen molar-refractivity contribution in [2.45, 2.75) is 19.3 Å². The van der Waals surface area contributed by atoms with Gasteiger partial charge in [-0.15, -0.1) is 15.7 Å². The van der Waals surface area contributed by atoms with Crippen molar-refractivity contribution in [2.75, 3.05) is 0 Å². The van der Waals surface area contributed by atoms with Crippen molar-refractivity contribution >= 4 is 45.6 Å².